The molecule has 11 rings (SSSR count). The van der Waals surface area contributed by atoms with Gasteiger partial charge in [-0.25, -0.2) is 9.97 Å². The number of nitrogens with zero attached hydrogens (tertiary/aromatic N) is 8. The molecule has 7 aliphatic rings. The molecule has 14 heteroatoms. The van der Waals surface area contributed by atoms with Crippen molar-refractivity contribution in [1.29, 1.82) is 0 Å². The molecular weight excluding hydrogens is 829 g/mol. The molecule has 3 saturated heterocycles. The van der Waals surface area contributed by atoms with Crippen LogP contribution in [0.15, 0.2) is 67.0 Å². The number of hydrogen-bond donors (Lipinski definition) is 2. The minimum atomic E-state index is 0. The summed E-state index contributed by atoms with van der Waals surface area (Å²) in [6.45, 7) is 18.6. The number of aryl methyl sites for hydroxylation is 2. The van der Waals surface area contributed by atoms with Crippen molar-refractivity contribution >= 4 is 34.9 Å². The summed E-state index contributed by atoms with van der Waals surface area (Å²) in [5.41, 5.74) is 6.51. The first-order chi connectivity index (χ1) is 32.4. The molecule has 2 N–H and O–H groups in total. The number of piperidine rings is 2. The number of benzene rings is 2. The lowest BCUT2D eigenvalue weighted by Gasteiger charge is -2.33. The largest absolute Gasteiger partial charge is 0.492 e. The van der Waals surface area contributed by atoms with Crippen molar-refractivity contribution in [3.63, 3.8) is 0 Å². The molecule has 2 aromatic heterocycles. The second-order valence-electron chi connectivity index (χ2n) is 18.8. The van der Waals surface area contributed by atoms with Crippen LogP contribution in [0.3, 0.4) is 0 Å². The maximum Gasteiger partial charge on any atom is 0.229 e. The van der Waals surface area contributed by atoms with Crippen molar-refractivity contribution in [3.8, 4) is 5.75 Å². The first-order valence-electron chi connectivity index (χ1n) is 24.8. The summed E-state index contributed by atoms with van der Waals surface area (Å²) in [6, 6.07) is 14.7. The van der Waals surface area contributed by atoms with Gasteiger partial charge in [0.1, 0.15) is 24.0 Å². The van der Waals surface area contributed by atoms with Gasteiger partial charge in [-0.1, -0.05) is 24.3 Å². The van der Waals surface area contributed by atoms with Crippen molar-refractivity contribution in [3.05, 3.63) is 89.3 Å². The van der Waals surface area contributed by atoms with Crippen LogP contribution in [0, 0.1) is 25.7 Å². The van der Waals surface area contributed by atoms with Gasteiger partial charge < -0.3 is 39.4 Å². The zero-order valence-corrected chi connectivity index (χ0v) is 39.9. The highest BCUT2D eigenvalue weighted by Gasteiger charge is 2.24. The Morgan fingerprint density at radius 3 is 2.08 bits per heavy atom. The van der Waals surface area contributed by atoms with E-state index in [1.54, 1.807) is 0 Å². The lowest BCUT2D eigenvalue weighted by molar-refractivity contribution is 0.0736. The second kappa shape index (κ2) is 24.8. The van der Waals surface area contributed by atoms with Gasteiger partial charge in [0.25, 0.3) is 0 Å². The normalized spacial score (nSPS) is 20.5. The van der Waals surface area contributed by atoms with Crippen LogP contribution in [-0.4, -0.2) is 129 Å². The van der Waals surface area contributed by atoms with Gasteiger partial charge >= 0.3 is 0 Å². The summed E-state index contributed by atoms with van der Waals surface area (Å²) in [7, 11) is 2.14. The van der Waals surface area contributed by atoms with Crippen LogP contribution < -0.4 is 25.2 Å². The molecule has 7 aliphatic heterocycles. The van der Waals surface area contributed by atoms with Crippen LogP contribution in [0.5, 0.6) is 5.75 Å². The molecule has 360 valence electrons. The van der Waals surface area contributed by atoms with Gasteiger partial charge in [-0.3, -0.25) is 9.80 Å². The highest BCUT2D eigenvalue weighted by Crippen LogP contribution is 2.30. The number of likely N-dealkylation sites (tertiary alicyclic amines) is 1. The zero-order chi connectivity index (χ0) is 45.3. The molecule has 0 amide bonds. The Bertz CT molecular complexity index is 2150. The Labute approximate surface area is 396 Å². The number of nitrogens with one attached hydrogen (secondary N) is 2. The lowest BCUT2D eigenvalue weighted by Crippen LogP contribution is -2.36. The van der Waals surface area contributed by atoms with E-state index in [1.165, 1.54) is 44.3 Å². The van der Waals surface area contributed by atoms with E-state index in [9.17, 15) is 0 Å². The molecule has 12 bridgehead atoms. The third-order valence-electron chi connectivity index (χ3n) is 13.4. The van der Waals surface area contributed by atoms with Crippen molar-refractivity contribution in [2.45, 2.75) is 84.8 Å². The third-order valence-corrected chi connectivity index (χ3v) is 13.4. The zero-order valence-electron chi connectivity index (χ0n) is 39.9. The Balaban J connectivity index is 0.000000221. The smallest absolute Gasteiger partial charge is 0.229 e. The lowest BCUT2D eigenvalue weighted by atomic mass is 9.94. The van der Waals surface area contributed by atoms with E-state index < -0.39 is 0 Å². The average Bonchev–Trinajstić information content (AvgIpc) is 3.85. The van der Waals surface area contributed by atoms with Gasteiger partial charge in [-0.15, -0.1) is 0 Å². The van der Waals surface area contributed by atoms with Crippen LogP contribution in [-0.2, 0) is 27.4 Å². The molecule has 4 aromatic rings. The van der Waals surface area contributed by atoms with Gasteiger partial charge in [0.05, 0.1) is 13.2 Å². The molecule has 3 fully saturated rings. The van der Waals surface area contributed by atoms with Crippen molar-refractivity contribution in [1.82, 2.24) is 29.7 Å². The summed E-state index contributed by atoms with van der Waals surface area (Å²) < 4.78 is 24.1. The molecular formula is C52H78N10O4. The fourth-order valence-corrected chi connectivity index (χ4v) is 9.52. The van der Waals surface area contributed by atoms with Gasteiger partial charge in [-0.2, -0.15) is 9.97 Å². The summed E-state index contributed by atoms with van der Waals surface area (Å²) in [5.74, 6) is 5.62. The van der Waals surface area contributed by atoms with E-state index in [4.69, 9.17) is 28.9 Å². The van der Waals surface area contributed by atoms with E-state index in [1.807, 2.05) is 24.5 Å². The molecule has 0 saturated carbocycles. The minimum absolute atomic E-state index is 0. The summed E-state index contributed by atoms with van der Waals surface area (Å²) in [4.78, 5) is 28.4. The van der Waals surface area contributed by atoms with E-state index in [2.05, 4.69) is 104 Å². The fraction of sp³-hybridized carbons (Fsp3) is 0.577. The summed E-state index contributed by atoms with van der Waals surface area (Å²) in [6.07, 6.45) is 18.6. The van der Waals surface area contributed by atoms with E-state index in [0.717, 1.165) is 156 Å². The van der Waals surface area contributed by atoms with Crippen molar-refractivity contribution < 1.29 is 21.8 Å². The monoisotopic (exact) mass is 907 g/mol. The van der Waals surface area contributed by atoms with Crippen LogP contribution >= 0.6 is 0 Å². The van der Waals surface area contributed by atoms with Crippen molar-refractivity contribution in [2.24, 2.45) is 11.8 Å². The number of ether oxygens (including phenoxy) is 4. The predicted octanol–water partition coefficient (Wildman–Crippen LogP) is 9.19. The van der Waals surface area contributed by atoms with Gasteiger partial charge in [0.2, 0.25) is 11.9 Å². The van der Waals surface area contributed by atoms with Crippen molar-refractivity contribution in [2.75, 3.05) is 119 Å². The Morgan fingerprint density at radius 1 is 0.697 bits per heavy atom. The molecule has 0 radical (unpaired) electrons. The molecule has 0 spiro atoms. The molecule has 0 aliphatic carbocycles. The molecule has 0 unspecified atom stereocenters. The maximum atomic E-state index is 6.21. The highest BCUT2D eigenvalue weighted by molar-refractivity contribution is 5.60. The number of aromatic nitrogens is 4. The van der Waals surface area contributed by atoms with Crippen LogP contribution in [0.4, 0.5) is 34.9 Å². The number of rotatable bonds is 4. The van der Waals surface area contributed by atoms with Crippen LogP contribution in [0.25, 0.3) is 0 Å². The first-order valence-corrected chi connectivity index (χ1v) is 24.8. The van der Waals surface area contributed by atoms with Gasteiger partial charge in [0, 0.05) is 116 Å². The Hall–Kier alpha value is -4.86. The third kappa shape index (κ3) is 14.3. The van der Waals surface area contributed by atoms with E-state index in [0.29, 0.717) is 37.6 Å². The number of likely N-dealkylation sites (N-methyl/N-ethyl adjacent to an activating group) is 1. The number of fused-ring (bicyclic) bond motifs is 18. The second-order valence-corrected chi connectivity index (χ2v) is 18.8. The Morgan fingerprint density at radius 2 is 1.36 bits per heavy atom. The summed E-state index contributed by atoms with van der Waals surface area (Å²) in [5, 5.41) is 6.83. The molecule has 0 atom stereocenters. The highest BCUT2D eigenvalue weighted by atomic mass is 16.5. The average molecular weight is 907 g/mol. The molecule has 14 nitrogen and oxygen atoms in total. The predicted molar refractivity (Wildman–Crippen MR) is 269 cm³/mol. The fourth-order valence-electron chi connectivity index (χ4n) is 9.52. The first kappa shape index (κ1) is 47.6. The Kier molecular flexibility index (Phi) is 17.9. The summed E-state index contributed by atoms with van der Waals surface area (Å²) >= 11 is 0. The van der Waals surface area contributed by atoms with Gasteiger partial charge in [-0.05, 0) is 140 Å². The maximum absolute atomic E-state index is 6.21. The van der Waals surface area contributed by atoms with Gasteiger partial charge in [0.15, 0.2) is 0 Å². The minimum Gasteiger partial charge on any atom is -0.492 e. The topological polar surface area (TPSA) is 126 Å². The number of anilines is 6. The van der Waals surface area contributed by atoms with E-state index >= 15 is 0 Å². The molecule has 66 heavy (non-hydrogen) atoms. The van der Waals surface area contributed by atoms with E-state index in [-0.39, 0.29) is 2.85 Å². The standard InChI is InChI=1S/C28H41N5O3.C24H33N5O.2H2/c1-22-19-29-28-30-25-6-7-26(36-17-14-32-10-2-3-11-32)24(18-25)21-35-16-5-4-15-34-20-23-8-12-33(13-9-23)27(22)31-28;1-19-17-25-24-26-22-7-5-6-21(16-22)18-28(2)11-3-4-14-30-15-10-20-8-12-29(13-9-20)23(19)27-24;;/h6-7,18-19,23H,2-5,8-17,20-21H2,1H3,(H,29,30,31);3-7,16-17,20H,8-15,18H2,1-2H3,(H,25,26,27);2*1H/b;4-3+;;. The molecule has 2 aromatic carbocycles. The van der Waals surface area contributed by atoms with Crippen LogP contribution in [0.1, 0.15) is 82.9 Å². The quantitative estimate of drug-likeness (QED) is 0.189. The van der Waals surface area contributed by atoms with Crippen LogP contribution in [0.2, 0.25) is 0 Å². The molecule has 9 heterocycles. The SMILES string of the molecule is Cc1cnc2nc1N1CCC(CC1)COCCCCOCc1cc(ccc1OCCN1CCCC1)N2.Cc1cnc2nc1N1CCC(CCOC/C=C/CN(C)Cc3cccc(c3)N2)CC1.[HH].[HH]. The number of hydrogen-bond acceptors (Lipinski definition) is 14.